The molecule has 5 nitrogen and oxygen atoms in total. The summed E-state index contributed by atoms with van der Waals surface area (Å²) in [5.41, 5.74) is 9.21. The first kappa shape index (κ1) is 12.9. The van der Waals surface area contributed by atoms with Crippen LogP contribution in [0.4, 0.5) is 5.69 Å². The first-order valence-electron chi connectivity index (χ1n) is 7.16. The monoisotopic (exact) mass is 294 g/mol. The second-order valence-corrected chi connectivity index (χ2v) is 5.61. The SMILES string of the molecule is Nc1cccc2c1oc(=O)n2C(=O)C1Cc2ccccc2C1. The molecule has 5 heteroatoms. The third kappa shape index (κ3) is 1.79. The van der Waals surface area contributed by atoms with Gasteiger partial charge in [0.25, 0.3) is 0 Å². The molecule has 0 spiro atoms. The van der Waals surface area contributed by atoms with Crippen LogP contribution < -0.4 is 11.5 Å². The molecule has 22 heavy (non-hydrogen) atoms. The summed E-state index contributed by atoms with van der Waals surface area (Å²) >= 11 is 0. The molecule has 0 atom stereocenters. The van der Waals surface area contributed by atoms with Gasteiger partial charge in [0.1, 0.15) is 5.52 Å². The highest BCUT2D eigenvalue weighted by molar-refractivity contribution is 5.94. The standard InChI is InChI=1S/C17H14N2O3/c18-13-6-3-7-14-15(13)22-17(21)19(14)16(20)12-8-10-4-1-2-5-11(10)9-12/h1-7,12H,8-9,18H2. The molecule has 0 aliphatic heterocycles. The van der Waals surface area contributed by atoms with Crippen molar-refractivity contribution in [2.45, 2.75) is 12.8 Å². The second-order valence-electron chi connectivity index (χ2n) is 5.61. The smallest absolute Gasteiger partial charge is 0.405 e. The summed E-state index contributed by atoms with van der Waals surface area (Å²) in [6, 6.07) is 13.0. The molecule has 0 unspecified atom stereocenters. The minimum absolute atomic E-state index is 0.231. The number of nitrogen functional groups attached to an aromatic ring is 1. The predicted octanol–water partition coefficient (Wildman–Crippen LogP) is 2.23. The van der Waals surface area contributed by atoms with Gasteiger partial charge in [0.05, 0.1) is 5.69 Å². The van der Waals surface area contributed by atoms with E-state index in [1.807, 2.05) is 24.3 Å². The Bertz CT molecular complexity index is 927. The predicted molar refractivity (Wildman–Crippen MR) is 82.9 cm³/mol. The Morgan fingerprint density at radius 1 is 1.09 bits per heavy atom. The van der Waals surface area contributed by atoms with Crippen LogP contribution >= 0.6 is 0 Å². The van der Waals surface area contributed by atoms with Gasteiger partial charge >= 0.3 is 5.76 Å². The normalized spacial score (nSPS) is 14.4. The van der Waals surface area contributed by atoms with Crippen molar-refractivity contribution in [1.82, 2.24) is 4.57 Å². The molecule has 1 aliphatic rings. The number of nitrogens with two attached hydrogens (primary N) is 1. The first-order chi connectivity index (χ1) is 10.6. The third-order valence-electron chi connectivity index (χ3n) is 4.26. The van der Waals surface area contributed by atoms with Crippen LogP contribution in [0.25, 0.3) is 11.1 Å². The maximum atomic E-state index is 12.8. The van der Waals surface area contributed by atoms with Gasteiger partial charge < -0.3 is 10.2 Å². The molecule has 2 aromatic carbocycles. The second kappa shape index (κ2) is 4.59. The molecule has 3 aromatic rings. The minimum atomic E-state index is -0.672. The fourth-order valence-corrected chi connectivity index (χ4v) is 3.19. The molecule has 0 bridgehead atoms. The van der Waals surface area contributed by atoms with Crippen molar-refractivity contribution >= 4 is 22.7 Å². The van der Waals surface area contributed by atoms with Crippen LogP contribution in [0.15, 0.2) is 51.7 Å². The van der Waals surface area contributed by atoms with Crippen molar-refractivity contribution in [3.8, 4) is 0 Å². The summed E-state index contributed by atoms with van der Waals surface area (Å²) in [5.74, 6) is -1.14. The lowest BCUT2D eigenvalue weighted by Gasteiger charge is -2.07. The van der Waals surface area contributed by atoms with Crippen molar-refractivity contribution in [3.05, 3.63) is 64.1 Å². The van der Waals surface area contributed by atoms with Crippen LogP contribution in [0.5, 0.6) is 0 Å². The van der Waals surface area contributed by atoms with Gasteiger partial charge in [-0.25, -0.2) is 9.36 Å². The Morgan fingerprint density at radius 2 is 1.77 bits per heavy atom. The van der Waals surface area contributed by atoms with Crippen LogP contribution in [0.1, 0.15) is 15.9 Å². The zero-order valence-corrected chi connectivity index (χ0v) is 11.8. The summed E-state index contributed by atoms with van der Waals surface area (Å²) in [5, 5.41) is 0. The van der Waals surface area contributed by atoms with E-state index in [2.05, 4.69) is 0 Å². The van der Waals surface area contributed by atoms with Gasteiger partial charge in [0.2, 0.25) is 5.91 Å². The zero-order chi connectivity index (χ0) is 15.3. The van der Waals surface area contributed by atoms with E-state index < -0.39 is 5.76 Å². The number of anilines is 1. The molecule has 0 saturated carbocycles. The van der Waals surface area contributed by atoms with Gasteiger partial charge in [-0.15, -0.1) is 0 Å². The summed E-state index contributed by atoms with van der Waals surface area (Å²) in [6.45, 7) is 0. The van der Waals surface area contributed by atoms with Gasteiger partial charge in [-0.3, -0.25) is 4.79 Å². The quantitative estimate of drug-likeness (QED) is 0.698. The van der Waals surface area contributed by atoms with Gasteiger partial charge in [0, 0.05) is 5.92 Å². The lowest BCUT2D eigenvalue weighted by Crippen LogP contribution is -2.29. The molecule has 2 N–H and O–H groups in total. The fourth-order valence-electron chi connectivity index (χ4n) is 3.19. The highest BCUT2D eigenvalue weighted by Crippen LogP contribution is 2.28. The molecule has 1 aromatic heterocycles. The molecule has 0 radical (unpaired) electrons. The maximum Gasteiger partial charge on any atom is 0.426 e. The number of para-hydroxylation sites is 1. The summed E-state index contributed by atoms with van der Waals surface area (Å²) in [4.78, 5) is 24.9. The van der Waals surface area contributed by atoms with Crippen LogP contribution in [-0.2, 0) is 12.8 Å². The number of nitrogens with zero attached hydrogens (tertiary/aromatic N) is 1. The lowest BCUT2D eigenvalue weighted by molar-refractivity contribution is 0.0835. The average molecular weight is 294 g/mol. The van der Waals surface area contributed by atoms with Crippen molar-refractivity contribution in [2.75, 3.05) is 5.73 Å². The number of benzene rings is 2. The number of oxazole rings is 1. The van der Waals surface area contributed by atoms with Gasteiger partial charge in [-0.05, 0) is 36.1 Å². The van der Waals surface area contributed by atoms with Crippen molar-refractivity contribution in [2.24, 2.45) is 5.92 Å². The van der Waals surface area contributed by atoms with Crippen molar-refractivity contribution < 1.29 is 9.21 Å². The van der Waals surface area contributed by atoms with Gasteiger partial charge in [-0.1, -0.05) is 30.3 Å². The van der Waals surface area contributed by atoms with E-state index in [9.17, 15) is 9.59 Å². The number of fused-ring (bicyclic) bond motifs is 2. The fraction of sp³-hybridized carbons (Fsp3) is 0.176. The van der Waals surface area contributed by atoms with E-state index in [-0.39, 0.29) is 17.4 Å². The Balaban J connectivity index is 1.78. The van der Waals surface area contributed by atoms with E-state index in [0.717, 1.165) is 4.57 Å². The van der Waals surface area contributed by atoms with E-state index in [0.29, 0.717) is 24.0 Å². The summed E-state index contributed by atoms with van der Waals surface area (Å²) < 4.78 is 6.26. The Morgan fingerprint density at radius 3 is 2.45 bits per heavy atom. The Kier molecular flexibility index (Phi) is 2.69. The number of hydrogen-bond donors (Lipinski definition) is 1. The average Bonchev–Trinajstić information content (AvgIpc) is 3.08. The zero-order valence-electron chi connectivity index (χ0n) is 11.8. The van der Waals surface area contributed by atoms with E-state index >= 15 is 0 Å². The molecule has 0 amide bonds. The van der Waals surface area contributed by atoms with Gasteiger partial charge in [0.15, 0.2) is 5.58 Å². The highest BCUT2D eigenvalue weighted by atomic mass is 16.4. The van der Waals surface area contributed by atoms with Crippen molar-refractivity contribution in [1.29, 1.82) is 0 Å². The summed E-state index contributed by atoms with van der Waals surface area (Å²) in [6.07, 6.45) is 1.30. The van der Waals surface area contributed by atoms with Crippen LogP contribution in [0, 0.1) is 5.92 Å². The third-order valence-corrected chi connectivity index (χ3v) is 4.26. The van der Waals surface area contributed by atoms with E-state index in [1.54, 1.807) is 18.2 Å². The van der Waals surface area contributed by atoms with Gasteiger partial charge in [-0.2, -0.15) is 0 Å². The van der Waals surface area contributed by atoms with Crippen LogP contribution in [-0.4, -0.2) is 10.5 Å². The number of rotatable bonds is 1. The lowest BCUT2D eigenvalue weighted by atomic mass is 10.1. The number of carbonyl (C=O) groups excluding carboxylic acids is 1. The molecule has 0 saturated heterocycles. The Labute approximate surface area is 126 Å². The maximum absolute atomic E-state index is 12.8. The molecular weight excluding hydrogens is 280 g/mol. The molecular formula is C17H14N2O3. The number of hydrogen-bond acceptors (Lipinski definition) is 4. The minimum Gasteiger partial charge on any atom is -0.405 e. The van der Waals surface area contributed by atoms with E-state index in [4.69, 9.17) is 10.2 Å². The molecule has 110 valence electrons. The molecule has 1 aliphatic carbocycles. The van der Waals surface area contributed by atoms with E-state index in [1.165, 1.54) is 11.1 Å². The largest absolute Gasteiger partial charge is 0.426 e. The van der Waals surface area contributed by atoms with Crippen LogP contribution in [0.3, 0.4) is 0 Å². The number of aromatic nitrogens is 1. The van der Waals surface area contributed by atoms with Crippen molar-refractivity contribution in [3.63, 3.8) is 0 Å². The number of carbonyl (C=O) groups is 1. The van der Waals surface area contributed by atoms with Crippen LogP contribution in [0.2, 0.25) is 0 Å². The molecule has 0 fully saturated rings. The molecule has 4 rings (SSSR count). The topological polar surface area (TPSA) is 78.2 Å². The first-order valence-corrected chi connectivity index (χ1v) is 7.16. The Hall–Kier alpha value is -2.82. The summed E-state index contributed by atoms with van der Waals surface area (Å²) in [7, 11) is 0. The highest BCUT2D eigenvalue weighted by Gasteiger charge is 2.30. The molecule has 1 heterocycles.